The quantitative estimate of drug-likeness (QED) is 0.506. The molecule has 104 valence electrons. The van der Waals surface area contributed by atoms with E-state index in [1.165, 1.54) is 6.07 Å². The van der Waals surface area contributed by atoms with E-state index in [9.17, 15) is 22.4 Å². The lowest BCUT2D eigenvalue weighted by atomic mass is 10.2. The van der Waals surface area contributed by atoms with E-state index in [2.05, 4.69) is 5.32 Å². The van der Waals surface area contributed by atoms with Gasteiger partial charge in [0.05, 0.1) is 5.69 Å². The molecule has 0 saturated heterocycles. The van der Waals surface area contributed by atoms with Crippen molar-refractivity contribution in [1.29, 1.82) is 0 Å². The zero-order chi connectivity index (χ0) is 14.9. The number of hydrogen-bond acceptors (Lipinski definition) is 2. The molecule has 0 fully saturated rings. The van der Waals surface area contributed by atoms with Crippen molar-refractivity contribution >= 4 is 17.3 Å². The molecule has 0 bridgehead atoms. The Morgan fingerprint density at radius 2 is 1.55 bits per heavy atom. The van der Waals surface area contributed by atoms with Crippen LogP contribution in [-0.4, -0.2) is 5.91 Å². The second kappa shape index (κ2) is 5.20. The molecule has 2 rings (SSSR count). The first kappa shape index (κ1) is 13.9. The Kier molecular flexibility index (Phi) is 3.60. The molecule has 0 heterocycles. The Hall–Kier alpha value is -2.57. The number of anilines is 2. The fraction of sp³-hybridized carbons (Fsp3) is 0. The maximum absolute atomic E-state index is 13.4. The van der Waals surface area contributed by atoms with E-state index in [1.54, 1.807) is 0 Å². The first-order chi connectivity index (χ1) is 9.38. The third-order valence-electron chi connectivity index (χ3n) is 2.48. The van der Waals surface area contributed by atoms with Gasteiger partial charge in [-0.15, -0.1) is 0 Å². The summed E-state index contributed by atoms with van der Waals surface area (Å²) in [5.74, 6) is -6.47. The molecule has 7 heteroatoms. The van der Waals surface area contributed by atoms with E-state index in [0.29, 0.717) is 12.1 Å². The van der Waals surface area contributed by atoms with Crippen LogP contribution in [0, 0.1) is 23.3 Å². The van der Waals surface area contributed by atoms with Gasteiger partial charge in [-0.25, -0.2) is 17.6 Å². The molecule has 3 N–H and O–H groups in total. The van der Waals surface area contributed by atoms with Gasteiger partial charge in [0, 0.05) is 11.3 Å². The minimum Gasteiger partial charge on any atom is -0.399 e. The summed E-state index contributed by atoms with van der Waals surface area (Å²) in [5.41, 5.74) is 4.88. The van der Waals surface area contributed by atoms with E-state index in [4.69, 9.17) is 5.73 Å². The van der Waals surface area contributed by atoms with E-state index >= 15 is 0 Å². The van der Waals surface area contributed by atoms with Gasteiger partial charge in [-0.1, -0.05) is 0 Å². The van der Waals surface area contributed by atoms with Gasteiger partial charge < -0.3 is 11.1 Å². The lowest BCUT2D eigenvalue weighted by molar-refractivity contribution is 0.102. The molecule has 2 aromatic rings. The highest BCUT2D eigenvalue weighted by Crippen LogP contribution is 2.19. The maximum Gasteiger partial charge on any atom is 0.255 e. The molecule has 0 aliphatic carbocycles. The molecule has 0 aromatic heterocycles. The van der Waals surface area contributed by atoms with Gasteiger partial charge in [-0.3, -0.25) is 4.79 Å². The normalized spacial score (nSPS) is 10.4. The van der Waals surface area contributed by atoms with Gasteiger partial charge >= 0.3 is 0 Å². The molecule has 2 aromatic carbocycles. The number of rotatable bonds is 2. The van der Waals surface area contributed by atoms with Gasteiger partial charge in [0.25, 0.3) is 5.91 Å². The molecule has 0 aliphatic heterocycles. The lowest BCUT2D eigenvalue weighted by Crippen LogP contribution is -2.14. The standard InChI is InChI=1S/C13H8F4N2O/c14-8-2-1-7(18)5-11(8)19-13(20)6-3-9(15)12(17)10(16)4-6/h1-5H,18H2,(H,19,20). The minimum atomic E-state index is -1.68. The summed E-state index contributed by atoms with van der Waals surface area (Å²) in [6, 6.07) is 4.47. The zero-order valence-corrected chi connectivity index (χ0v) is 9.88. The van der Waals surface area contributed by atoms with Crippen molar-refractivity contribution in [3.8, 4) is 0 Å². The van der Waals surface area contributed by atoms with Crippen molar-refractivity contribution in [2.45, 2.75) is 0 Å². The van der Waals surface area contributed by atoms with Crippen LogP contribution < -0.4 is 11.1 Å². The summed E-state index contributed by atoms with van der Waals surface area (Å²) in [4.78, 5) is 11.7. The molecule has 3 nitrogen and oxygen atoms in total. The SMILES string of the molecule is Nc1ccc(F)c(NC(=O)c2cc(F)c(F)c(F)c2)c1. The topological polar surface area (TPSA) is 55.1 Å². The number of carbonyl (C=O) groups excluding carboxylic acids is 1. The van der Waals surface area contributed by atoms with Crippen molar-refractivity contribution in [3.05, 3.63) is 59.2 Å². The summed E-state index contributed by atoms with van der Waals surface area (Å²) in [6.45, 7) is 0. The van der Waals surface area contributed by atoms with Crippen molar-refractivity contribution in [2.75, 3.05) is 11.1 Å². The largest absolute Gasteiger partial charge is 0.399 e. The minimum absolute atomic E-state index is 0.193. The van der Waals surface area contributed by atoms with Crippen molar-refractivity contribution in [3.63, 3.8) is 0 Å². The fourth-order valence-corrected chi connectivity index (χ4v) is 1.52. The molecule has 0 radical (unpaired) electrons. The number of nitrogens with one attached hydrogen (secondary N) is 1. The number of nitrogen functional groups attached to an aromatic ring is 1. The number of amides is 1. The monoisotopic (exact) mass is 284 g/mol. The average molecular weight is 284 g/mol. The number of benzene rings is 2. The summed E-state index contributed by atoms with van der Waals surface area (Å²) < 4.78 is 52.1. The van der Waals surface area contributed by atoms with Gasteiger partial charge in [0.15, 0.2) is 17.5 Å². The van der Waals surface area contributed by atoms with Crippen molar-refractivity contribution < 1.29 is 22.4 Å². The smallest absolute Gasteiger partial charge is 0.255 e. The molecule has 0 atom stereocenters. The Bertz CT molecular complexity index is 665. The first-order valence-corrected chi connectivity index (χ1v) is 5.39. The highest BCUT2D eigenvalue weighted by atomic mass is 19.2. The van der Waals surface area contributed by atoms with Crippen LogP contribution in [0.1, 0.15) is 10.4 Å². The van der Waals surface area contributed by atoms with Crippen molar-refractivity contribution in [2.24, 2.45) is 0 Å². The third kappa shape index (κ3) is 2.71. The summed E-state index contributed by atoms with van der Waals surface area (Å²) in [6.07, 6.45) is 0. The van der Waals surface area contributed by atoms with E-state index < -0.39 is 34.7 Å². The maximum atomic E-state index is 13.4. The van der Waals surface area contributed by atoms with Gasteiger partial charge in [-0.2, -0.15) is 0 Å². The highest BCUT2D eigenvalue weighted by Gasteiger charge is 2.16. The number of carbonyl (C=O) groups is 1. The second-order valence-electron chi connectivity index (χ2n) is 3.95. The first-order valence-electron chi connectivity index (χ1n) is 5.39. The predicted octanol–water partition coefficient (Wildman–Crippen LogP) is 3.08. The number of hydrogen-bond donors (Lipinski definition) is 2. The molecular weight excluding hydrogens is 276 g/mol. The van der Waals surface area contributed by atoms with Crippen LogP contribution in [0.5, 0.6) is 0 Å². The Labute approximate surface area is 111 Å². The molecule has 20 heavy (non-hydrogen) atoms. The van der Waals surface area contributed by atoms with Crippen LogP contribution in [0.2, 0.25) is 0 Å². The number of nitrogens with two attached hydrogens (primary N) is 1. The van der Waals surface area contributed by atoms with Gasteiger partial charge in [-0.05, 0) is 30.3 Å². The lowest BCUT2D eigenvalue weighted by Gasteiger charge is -2.08. The molecule has 0 aliphatic rings. The number of halogens is 4. The van der Waals surface area contributed by atoms with Crippen LogP contribution in [0.25, 0.3) is 0 Å². The third-order valence-corrected chi connectivity index (χ3v) is 2.48. The van der Waals surface area contributed by atoms with Crippen LogP contribution in [0.15, 0.2) is 30.3 Å². The summed E-state index contributed by atoms with van der Waals surface area (Å²) in [7, 11) is 0. The average Bonchev–Trinajstić information content (AvgIpc) is 2.39. The highest BCUT2D eigenvalue weighted by molar-refractivity contribution is 6.04. The molecule has 0 spiro atoms. The van der Waals surface area contributed by atoms with Crippen LogP contribution >= 0.6 is 0 Å². The Morgan fingerprint density at radius 1 is 0.950 bits per heavy atom. The predicted molar refractivity (Wildman–Crippen MR) is 65.1 cm³/mol. The Morgan fingerprint density at radius 3 is 2.15 bits per heavy atom. The summed E-state index contributed by atoms with van der Waals surface area (Å²) in [5, 5.41) is 2.09. The molecular formula is C13H8F4N2O. The van der Waals surface area contributed by atoms with E-state index in [1.807, 2.05) is 0 Å². The van der Waals surface area contributed by atoms with Gasteiger partial charge in [0.2, 0.25) is 0 Å². The van der Waals surface area contributed by atoms with Crippen molar-refractivity contribution in [1.82, 2.24) is 0 Å². The van der Waals surface area contributed by atoms with E-state index in [-0.39, 0.29) is 11.4 Å². The summed E-state index contributed by atoms with van der Waals surface area (Å²) >= 11 is 0. The molecule has 1 amide bonds. The van der Waals surface area contributed by atoms with Crippen LogP contribution in [-0.2, 0) is 0 Å². The van der Waals surface area contributed by atoms with Crippen LogP contribution in [0.4, 0.5) is 28.9 Å². The van der Waals surface area contributed by atoms with Gasteiger partial charge in [0.1, 0.15) is 5.82 Å². The second-order valence-corrected chi connectivity index (χ2v) is 3.95. The van der Waals surface area contributed by atoms with E-state index in [0.717, 1.165) is 12.1 Å². The fourth-order valence-electron chi connectivity index (χ4n) is 1.52. The Balaban J connectivity index is 2.31. The van der Waals surface area contributed by atoms with Crippen LogP contribution in [0.3, 0.4) is 0 Å². The molecule has 0 saturated carbocycles. The zero-order valence-electron chi connectivity index (χ0n) is 9.88. The molecule has 0 unspecified atom stereocenters.